The van der Waals surface area contributed by atoms with Crippen LogP contribution in [0.15, 0.2) is 11.6 Å². The molecule has 0 aromatic carbocycles. The Labute approximate surface area is 135 Å². The number of carbonyl (C=O) groups excluding carboxylic acids is 1. The number of carbonyl (C=O) groups is 1. The molecule has 1 fully saturated rings. The summed E-state index contributed by atoms with van der Waals surface area (Å²) in [6.45, 7) is 5.14. The second-order valence-corrected chi connectivity index (χ2v) is 6.65. The number of hydrogen-bond donors (Lipinski definition) is 4. The van der Waals surface area contributed by atoms with Gasteiger partial charge in [0.1, 0.15) is 30.5 Å². The first kappa shape index (κ1) is 18.5. The number of aliphatic hydroxyl groups excluding tert-OH is 4. The molecular formula is C16H26O7. The molecule has 132 valence electrons. The molecule has 0 bridgehead atoms. The fourth-order valence-electron chi connectivity index (χ4n) is 3.06. The van der Waals surface area contributed by atoms with Crippen LogP contribution in [-0.2, 0) is 14.3 Å². The number of ketones is 1. The third-order valence-corrected chi connectivity index (χ3v) is 4.72. The molecule has 0 saturated carbocycles. The van der Waals surface area contributed by atoms with E-state index in [4.69, 9.17) is 9.47 Å². The topological polar surface area (TPSA) is 116 Å². The van der Waals surface area contributed by atoms with Crippen LogP contribution in [0, 0.1) is 11.8 Å². The zero-order valence-corrected chi connectivity index (χ0v) is 13.6. The minimum absolute atomic E-state index is 0.0708. The van der Waals surface area contributed by atoms with Crippen molar-refractivity contribution in [2.75, 3.05) is 6.61 Å². The summed E-state index contributed by atoms with van der Waals surface area (Å²) in [6, 6.07) is 0. The van der Waals surface area contributed by atoms with Crippen LogP contribution < -0.4 is 0 Å². The Kier molecular flexibility index (Phi) is 5.94. The van der Waals surface area contributed by atoms with Gasteiger partial charge in [0, 0.05) is 0 Å². The zero-order valence-electron chi connectivity index (χ0n) is 13.6. The van der Waals surface area contributed by atoms with E-state index >= 15 is 0 Å². The Morgan fingerprint density at radius 1 is 1.26 bits per heavy atom. The Balaban J connectivity index is 2.17. The summed E-state index contributed by atoms with van der Waals surface area (Å²) in [5.41, 5.74) is 0.594. The predicted octanol–water partition coefficient (Wildman–Crippen LogP) is -0.637. The van der Waals surface area contributed by atoms with Crippen LogP contribution in [0.1, 0.15) is 27.2 Å². The maximum Gasteiger partial charge on any atom is 0.187 e. The van der Waals surface area contributed by atoms with Crippen LogP contribution in [0.4, 0.5) is 0 Å². The Bertz CT molecular complexity index is 459. The lowest BCUT2D eigenvalue weighted by atomic mass is 9.79. The van der Waals surface area contributed by atoms with Gasteiger partial charge in [-0.3, -0.25) is 4.79 Å². The first-order chi connectivity index (χ1) is 10.8. The molecule has 2 rings (SSSR count). The van der Waals surface area contributed by atoms with Crippen LogP contribution in [0.25, 0.3) is 0 Å². The first-order valence-electron chi connectivity index (χ1n) is 7.94. The minimum Gasteiger partial charge on any atom is -0.394 e. The van der Waals surface area contributed by atoms with Gasteiger partial charge in [-0.1, -0.05) is 19.9 Å². The maximum atomic E-state index is 12.4. The van der Waals surface area contributed by atoms with Gasteiger partial charge in [-0.25, -0.2) is 0 Å². The monoisotopic (exact) mass is 330 g/mol. The van der Waals surface area contributed by atoms with Crippen LogP contribution in [0.3, 0.4) is 0 Å². The third kappa shape index (κ3) is 3.65. The summed E-state index contributed by atoms with van der Waals surface area (Å²) >= 11 is 0. The molecule has 0 aromatic rings. The van der Waals surface area contributed by atoms with E-state index in [-0.39, 0.29) is 17.6 Å². The molecule has 7 heteroatoms. The Hall–Kier alpha value is -0.830. The zero-order chi connectivity index (χ0) is 17.3. The van der Waals surface area contributed by atoms with Gasteiger partial charge in [0.2, 0.25) is 0 Å². The number of hydrogen-bond acceptors (Lipinski definition) is 7. The lowest BCUT2D eigenvalue weighted by molar-refractivity contribution is -0.312. The smallest absolute Gasteiger partial charge is 0.187 e. The fraction of sp³-hybridized carbons (Fsp3) is 0.812. The number of ether oxygens (including phenoxy) is 2. The maximum absolute atomic E-state index is 12.4. The van der Waals surface area contributed by atoms with Gasteiger partial charge in [0.15, 0.2) is 12.1 Å². The Morgan fingerprint density at radius 2 is 1.91 bits per heavy atom. The van der Waals surface area contributed by atoms with Crippen molar-refractivity contribution in [2.45, 2.75) is 64.0 Å². The molecule has 2 aliphatic rings. The standard InChI is InChI=1S/C16H26O7/c1-7(2)9-5-4-8(3)11(18)15(9)23-16-14(21)13(20)12(19)10(6-17)22-16/h4,7,9-10,12-17,19-21H,5-6H2,1-3H3/t9-,10+,12+,13-,14+,15-,16-/m0/s1. The molecule has 1 heterocycles. The highest BCUT2D eigenvalue weighted by atomic mass is 16.7. The van der Waals surface area contributed by atoms with Crippen molar-refractivity contribution in [3.8, 4) is 0 Å². The second kappa shape index (κ2) is 7.38. The SMILES string of the molecule is CC1=CC[C@@H](C(C)C)[C@H](O[C@@H]2O[C@H](CO)[C@@H](O)[C@H](O)[C@H]2O)C1=O. The molecule has 23 heavy (non-hydrogen) atoms. The minimum atomic E-state index is -1.52. The molecule has 7 nitrogen and oxygen atoms in total. The molecule has 4 N–H and O–H groups in total. The number of Topliss-reactive ketones (excluding diaryl/α,β-unsaturated/α-hetero) is 1. The van der Waals surface area contributed by atoms with Gasteiger partial charge in [-0.2, -0.15) is 0 Å². The predicted molar refractivity (Wildman–Crippen MR) is 80.3 cm³/mol. The van der Waals surface area contributed by atoms with Crippen LogP contribution >= 0.6 is 0 Å². The number of rotatable bonds is 4. The molecule has 1 aliphatic carbocycles. The summed E-state index contributed by atoms with van der Waals surface area (Å²) in [5, 5.41) is 38.9. The summed E-state index contributed by atoms with van der Waals surface area (Å²) in [6.07, 6.45) is -5.03. The molecule has 0 aromatic heterocycles. The van der Waals surface area contributed by atoms with Crippen molar-refractivity contribution < 1.29 is 34.7 Å². The highest BCUT2D eigenvalue weighted by Crippen LogP contribution is 2.32. The van der Waals surface area contributed by atoms with Crippen molar-refractivity contribution in [1.82, 2.24) is 0 Å². The summed E-state index contributed by atoms with van der Waals surface area (Å²) in [7, 11) is 0. The van der Waals surface area contributed by atoms with Gasteiger partial charge in [-0.15, -0.1) is 0 Å². The summed E-state index contributed by atoms with van der Waals surface area (Å²) in [4.78, 5) is 12.4. The normalized spacial score (nSPS) is 42.0. The highest BCUT2D eigenvalue weighted by Gasteiger charge is 2.47. The number of allylic oxidation sites excluding steroid dienone is 1. The third-order valence-electron chi connectivity index (χ3n) is 4.72. The van der Waals surface area contributed by atoms with Gasteiger partial charge >= 0.3 is 0 Å². The van der Waals surface area contributed by atoms with E-state index in [0.29, 0.717) is 12.0 Å². The molecule has 7 atom stereocenters. The van der Waals surface area contributed by atoms with E-state index < -0.39 is 43.4 Å². The van der Waals surface area contributed by atoms with E-state index in [9.17, 15) is 25.2 Å². The number of aliphatic hydroxyl groups is 4. The van der Waals surface area contributed by atoms with E-state index in [1.165, 1.54) is 0 Å². The largest absolute Gasteiger partial charge is 0.394 e. The van der Waals surface area contributed by atoms with Gasteiger partial charge in [0.25, 0.3) is 0 Å². The summed E-state index contributed by atoms with van der Waals surface area (Å²) in [5.74, 6) is -0.0661. The van der Waals surface area contributed by atoms with E-state index in [1.807, 2.05) is 19.9 Å². The molecular weight excluding hydrogens is 304 g/mol. The van der Waals surface area contributed by atoms with Crippen LogP contribution in [0.2, 0.25) is 0 Å². The van der Waals surface area contributed by atoms with Crippen molar-refractivity contribution >= 4 is 5.78 Å². The van der Waals surface area contributed by atoms with Gasteiger partial charge < -0.3 is 29.9 Å². The molecule has 1 aliphatic heterocycles. The van der Waals surface area contributed by atoms with E-state index in [1.54, 1.807) is 6.92 Å². The fourth-order valence-corrected chi connectivity index (χ4v) is 3.06. The van der Waals surface area contributed by atoms with Gasteiger partial charge in [0.05, 0.1) is 6.61 Å². The lowest BCUT2D eigenvalue weighted by Crippen LogP contribution is -2.60. The highest BCUT2D eigenvalue weighted by molar-refractivity contribution is 5.99. The molecule has 0 amide bonds. The van der Waals surface area contributed by atoms with Crippen molar-refractivity contribution in [3.63, 3.8) is 0 Å². The van der Waals surface area contributed by atoms with Crippen LogP contribution in [0.5, 0.6) is 0 Å². The van der Waals surface area contributed by atoms with Crippen molar-refractivity contribution in [1.29, 1.82) is 0 Å². The Morgan fingerprint density at radius 3 is 2.48 bits per heavy atom. The van der Waals surface area contributed by atoms with Crippen molar-refractivity contribution in [3.05, 3.63) is 11.6 Å². The average molecular weight is 330 g/mol. The van der Waals surface area contributed by atoms with Crippen molar-refractivity contribution in [2.24, 2.45) is 11.8 Å². The average Bonchev–Trinajstić information content (AvgIpc) is 2.51. The van der Waals surface area contributed by atoms with Crippen LogP contribution in [-0.4, -0.2) is 69.6 Å². The quantitative estimate of drug-likeness (QED) is 0.542. The lowest BCUT2D eigenvalue weighted by Gasteiger charge is -2.42. The molecule has 0 unspecified atom stereocenters. The van der Waals surface area contributed by atoms with E-state index in [2.05, 4.69) is 0 Å². The van der Waals surface area contributed by atoms with E-state index in [0.717, 1.165) is 0 Å². The first-order valence-corrected chi connectivity index (χ1v) is 7.94. The summed E-state index contributed by atoms with van der Waals surface area (Å²) < 4.78 is 11.0. The molecule has 0 radical (unpaired) electrons. The molecule has 1 saturated heterocycles. The second-order valence-electron chi connectivity index (χ2n) is 6.65. The van der Waals surface area contributed by atoms with Gasteiger partial charge in [-0.05, 0) is 30.8 Å². The molecule has 0 spiro atoms.